The number of fused-ring (bicyclic) bond motifs is 1. The van der Waals surface area contributed by atoms with Crippen molar-refractivity contribution in [2.45, 2.75) is 18.9 Å². The molecule has 3 aromatic rings. The lowest BCUT2D eigenvalue weighted by Crippen LogP contribution is -2.52. The molecule has 0 aromatic heterocycles. The van der Waals surface area contributed by atoms with E-state index < -0.39 is 0 Å². The monoisotopic (exact) mass is 427 g/mol. The average molecular weight is 428 g/mol. The molecule has 1 saturated heterocycles. The van der Waals surface area contributed by atoms with Gasteiger partial charge in [0.05, 0.1) is 12.6 Å². The summed E-state index contributed by atoms with van der Waals surface area (Å²) in [5, 5.41) is 5.91. The molecule has 2 aliphatic rings. The number of carbonyl (C=O) groups excluding carboxylic acids is 2. The summed E-state index contributed by atoms with van der Waals surface area (Å²) in [5.41, 5.74) is 2.30. The van der Waals surface area contributed by atoms with Crippen LogP contribution in [0.4, 0.5) is 0 Å². The molecule has 32 heavy (non-hydrogen) atoms. The van der Waals surface area contributed by atoms with Gasteiger partial charge in [0, 0.05) is 32.1 Å². The average Bonchev–Trinajstić information content (AvgIpc) is 3.70. The van der Waals surface area contributed by atoms with Gasteiger partial charge < -0.3 is 9.80 Å². The van der Waals surface area contributed by atoms with Gasteiger partial charge in [0.25, 0.3) is 0 Å². The van der Waals surface area contributed by atoms with Crippen LogP contribution in [0, 0.1) is 5.92 Å². The lowest BCUT2D eigenvalue weighted by Gasteiger charge is -2.35. The van der Waals surface area contributed by atoms with Crippen LogP contribution < -0.4 is 5.32 Å². The molecular weight excluding hydrogens is 398 g/mol. The summed E-state index contributed by atoms with van der Waals surface area (Å²) >= 11 is 0. The van der Waals surface area contributed by atoms with Gasteiger partial charge in [-0.25, -0.2) is 0 Å². The normalized spacial score (nSPS) is 17.4. The Morgan fingerprint density at radius 1 is 0.812 bits per heavy atom. The summed E-state index contributed by atoms with van der Waals surface area (Å²) in [4.78, 5) is 29.1. The Morgan fingerprint density at radius 3 is 2.22 bits per heavy atom. The zero-order chi connectivity index (χ0) is 21.9. The molecule has 3 aromatic carbocycles. The van der Waals surface area contributed by atoms with Crippen LogP contribution in [0.5, 0.6) is 0 Å². The number of hydrogen-bond acceptors (Lipinski definition) is 3. The molecule has 5 rings (SSSR count). The van der Waals surface area contributed by atoms with E-state index in [1.165, 1.54) is 16.3 Å². The quantitative estimate of drug-likeness (QED) is 0.654. The lowest BCUT2D eigenvalue weighted by atomic mass is 9.93. The number of amides is 2. The van der Waals surface area contributed by atoms with E-state index in [4.69, 9.17) is 0 Å². The van der Waals surface area contributed by atoms with Crippen molar-refractivity contribution in [2.75, 3.05) is 32.7 Å². The first kappa shape index (κ1) is 20.7. The lowest BCUT2D eigenvalue weighted by molar-refractivity contribution is -0.139. The highest BCUT2D eigenvalue weighted by Gasteiger charge is 2.35. The maximum atomic E-state index is 13.0. The molecular formula is C27H29N3O2. The predicted molar refractivity (Wildman–Crippen MR) is 126 cm³/mol. The summed E-state index contributed by atoms with van der Waals surface area (Å²) in [5.74, 6) is 0.603. The van der Waals surface area contributed by atoms with Gasteiger partial charge in [-0.2, -0.15) is 0 Å². The Morgan fingerprint density at radius 2 is 1.47 bits per heavy atom. The summed E-state index contributed by atoms with van der Waals surface area (Å²) in [6, 6.07) is 24.9. The SMILES string of the molecule is O=C(CNC(c1ccccc1)c1cccc2ccccc12)N1CCN(C(=O)C2CC2)CC1. The maximum absolute atomic E-state index is 13.0. The zero-order valence-electron chi connectivity index (χ0n) is 18.2. The second kappa shape index (κ2) is 9.13. The van der Waals surface area contributed by atoms with Crippen molar-refractivity contribution in [2.24, 2.45) is 5.92 Å². The summed E-state index contributed by atoms with van der Waals surface area (Å²) < 4.78 is 0. The van der Waals surface area contributed by atoms with Crippen LogP contribution >= 0.6 is 0 Å². The van der Waals surface area contributed by atoms with Gasteiger partial charge in [0.1, 0.15) is 0 Å². The molecule has 0 spiro atoms. The molecule has 5 nitrogen and oxygen atoms in total. The number of hydrogen-bond donors (Lipinski definition) is 1. The van der Waals surface area contributed by atoms with Crippen LogP contribution in [0.25, 0.3) is 10.8 Å². The Kier molecular flexibility index (Phi) is 5.91. The molecule has 1 saturated carbocycles. The van der Waals surface area contributed by atoms with E-state index in [0.29, 0.717) is 26.2 Å². The highest BCUT2D eigenvalue weighted by molar-refractivity contribution is 5.87. The Balaban J connectivity index is 1.29. The van der Waals surface area contributed by atoms with E-state index in [1.807, 2.05) is 34.1 Å². The summed E-state index contributed by atoms with van der Waals surface area (Å²) in [6.07, 6.45) is 2.05. The molecule has 5 heteroatoms. The first-order valence-corrected chi connectivity index (χ1v) is 11.5. The molecule has 2 amide bonds. The molecule has 1 aliphatic heterocycles. The fraction of sp³-hybridized carbons (Fsp3) is 0.333. The minimum Gasteiger partial charge on any atom is -0.339 e. The number of piperazine rings is 1. The third kappa shape index (κ3) is 4.39. The second-order valence-electron chi connectivity index (χ2n) is 8.77. The largest absolute Gasteiger partial charge is 0.339 e. The van der Waals surface area contributed by atoms with Gasteiger partial charge in [0.15, 0.2) is 0 Å². The van der Waals surface area contributed by atoms with Crippen molar-refractivity contribution in [1.82, 2.24) is 15.1 Å². The van der Waals surface area contributed by atoms with Gasteiger partial charge in [-0.15, -0.1) is 0 Å². The van der Waals surface area contributed by atoms with Gasteiger partial charge in [-0.3, -0.25) is 14.9 Å². The highest BCUT2D eigenvalue weighted by Crippen LogP contribution is 2.31. The first-order chi connectivity index (χ1) is 15.7. The Bertz CT molecular complexity index is 1100. The summed E-state index contributed by atoms with van der Waals surface area (Å²) in [6.45, 7) is 2.78. The van der Waals surface area contributed by atoms with Crippen LogP contribution in [0.3, 0.4) is 0 Å². The number of rotatable bonds is 6. The van der Waals surface area contributed by atoms with E-state index in [-0.39, 0.29) is 30.3 Å². The number of nitrogens with one attached hydrogen (secondary N) is 1. The fourth-order valence-corrected chi connectivity index (χ4v) is 4.62. The highest BCUT2D eigenvalue weighted by atomic mass is 16.2. The number of carbonyl (C=O) groups is 2. The van der Waals surface area contributed by atoms with Gasteiger partial charge in [-0.1, -0.05) is 72.8 Å². The smallest absolute Gasteiger partial charge is 0.236 e. The molecule has 1 atom stereocenters. The predicted octanol–water partition coefficient (Wildman–Crippen LogP) is 3.60. The van der Waals surface area contributed by atoms with Crippen molar-refractivity contribution in [3.63, 3.8) is 0 Å². The van der Waals surface area contributed by atoms with Gasteiger partial charge >= 0.3 is 0 Å². The van der Waals surface area contributed by atoms with Crippen LogP contribution in [0.1, 0.15) is 30.0 Å². The molecule has 0 radical (unpaired) electrons. The van der Waals surface area contributed by atoms with E-state index in [0.717, 1.165) is 18.4 Å². The van der Waals surface area contributed by atoms with E-state index in [9.17, 15) is 9.59 Å². The van der Waals surface area contributed by atoms with E-state index in [1.54, 1.807) is 0 Å². The minimum atomic E-state index is -0.0796. The topological polar surface area (TPSA) is 52.7 Å². The fourth-order valence-electron chi connectivity index (χ4n) is 4.62. The Labute approximate surface area is 189 Å². The molecule has 1 aliphatic carbocycles. The number of nitrogens with zero attached hydrogens (tertiary/aromatic N) is 2. The third-order valence-electron chi connectivity index (χ3n) is 6.60. The second-order valence-corrected chi connectivity index (χ2v) is 8.77. The van der Waals surface area contributed by atoms with Crippen LogP contribution in [-0.2, 0) is 9.59 Å². The standard InChI is InChI=1S/C27H29N3O2/c31-25(29-15-17-30(18-16-29)27(32)22-13-14-22)19-28-26(21-8-2-1-3-9-21)24-12-6-10-20-7-4-5-11-23(20)24/h1-12,22,26,28H,13-19H2. The molecule has 164 valence electrons. The molecule has 0 bridgehead atoms. The van der Waals surface area contributed by atoms with Gasteiger partial charge in [0.2, 0.25) is 11.8 Å². The minimum absolute atomic E-state index is 0.0796. The van der Waals surface area contributed by atoms with E-state index in [2.05, 4.69) is 53.8 Å². The van der Waals surface area contributed by atoms with Crippen molar-refractivity contribution in [1.29, 1.82) is 0 Å². The van der Waals surface area contributed by atoms with E-state index >= 15 is 0 Å². The Hall–Kier alpha value is -3.18. The maximum Gasteiger partial charge on any atom is 0.236 e. The molecule has 1 N–H and O–H groups in total. The van der Waals surface area contributed by atoms with Gasteiger partial charge in [-0.05, 0) is 34.7 Å². The van der Waals surface area contributed by atoms with Crippen molar-refractivity contribution in [3.8, 4) is 0 Å². The number of benzene rings is 3. The van der Waals surface area contributed by atoms with Crippen LogP contribution in [0.2, 0.25) is 0 Å². The molecule has 1 heterocycles. The van der Waals surface area contributed by atoms with Crippen LogP contribution in [0.15, 0.2) is 72.8 Å². The first-order valence-electron chi connectivity index (χ1n) is 11.5. The van der Waals surface area contributed by atoms with Crippen molar-refractivity contribution in [3.05, 3.63) is 83.9 Å². The zero-order valence-corrected chi connectivity index (χ0v) is 18.2. The van der Waals surface area contributed by atoms with Crippen LogP contribution in [-0.4, -0.2) is 54.3 Å². The summed E-state index contributed by atoms with van der Waals surface area (Å²) in [7, 11) is 0. The van der Waals surface area contributed by atoms with Crippen molar-refractivity contribution < 1.29 is 9.59 Å². The molecule has 2 fully saturated rings. The third-order valence-corrected chi connectivity index (χ3v) is 6.60. The molecule has 1 unspecified atom stereocenters. The van der Waals surface area contributed by atoms with Crippen molar-refractivity contribution >= 4 is 22.6 Å².